The number of aromatic nitrogens is 1. The van der Waals surface area contributed by atoms with E-state index in [0.717, 1.165) is 10.6 Å². The molecule has 1 aromatic carbocycles. The standard InChI is InChI=1S/C12H13ClN4OS/c1-6-7(2)19-12(15-6)16-11(18)9-5-8(13)3-4-10(9)17-14/h3-5,17H,14H2,1-2H3,(H,15,16,18). The molecule has 0 saturated carbocycles. The molecule has 2 aromatic rings. The van der Waals surface area contributed by atoms with E-state index in [2.05, 4.69) is 15.7 Å². The number of halogens is 1. The van der Waals surface area contributed by atoms with Crippen LogP contribution in [0.25, 0.3) is 0 Å². The van der Waals surface area contributed by atoms with E-state index in [1.54, 1.807) is 18.2 Å². The number of amides is 1. The number of hydrazine groups is 1. The van der Waals surface area contributed by atoms with Crippen LogP contribution in [-0.2, 0) is 0 Å². The zero-order valence-corrected chi connectivity index (χ0v) is 12.0. The SMILES string of the molecule is Cc1nc(NC(=O)c2cc(Cl)ccc2NN)sc1C. The lowest BCUT2D eigenvalue weighted by Crippen LogP contribution is -2.17. The van der Waals surface area contributed by atoms with E-state index in [-0.39, 0.29) is 5.91 Å². The Balaban J connectivity index is 2.27. The summed E-state index contributed by atoms with van der Waals surface area (Å²) in [5, 5.41) is 3.76. The zero-order chi connectivity index (χ0) is 14.0. The molecule has 1 amide bonds. The maximum Gasteiger partial charge on any atom is 0.259 e. The molecule has 0 bridgehead atoms. The van der Waals surface area contributed by atoms with E-state index in [1.807, 2.05) is 13.8 Å². The summed E-state index contributed by atoms with van der Waals surface area (Å²) in [4.78, 5) is 17.5. The Labute approximate surface area is 119 Å². The number of nitrogens with two attached hydrogens (primary N) is 1. The van der Waals surface area contributed by atoms with Crippen molar-refractivity contribution in [2.45, 2.75) is 13.8 Å². The fourth-order valence-corrected chi connectivity index (χ4v) is 2.50. The Kier molecular flexibility index (Phi) is 4.04. The number of rotatable bonds is 3. The topological polar surface area (TPSA) is 80.0 Å². The zero-order valence-electron chi connectivity index (χ0n) is 10.5. The van der Waals surface area contributed by atoms with Gasteiger partial charge in [0.15, 0.2) is 5.13 Å². The predicted molar refractivity (Wildman–Crippen MR) is 78.8 cm³/mol. The summed E-state index contributed by atoms with van der Waals surface area (Å²) in [6.07, 6.45) is 0. The first-order chi connectivity index (χ1) is 9.01. The van der Waals surface area contributed by atoms with Gasteiger partial charge in [0.05, 0.1) is 16.9 Å². The molecule has 1 aromatic heterocycles. The van der Waals surface area contributed by atoms with Gasteiger partial charge in [0.25, 0.3) is 5.91 Å². The second-order valence-electron chi connectivity index (χ2n) is 3.95. The highest BCUT2D eigenvalue weighted by atomic mass is 35.5. The molecule has 1 heterocycles. The van der Waals surface area contributed by atoms with E-state index in [0.29, 0.717) is 21.4 Å². The van der Waals surface area contributed by atoms with E-state index in [9.17, 15) is 4.79 Å². The van der Waals surface area contributed by atoms with Gasteiger partial charge < -0.3 is 5.43 Å². The Bertz CT molecular complexity index is 607. The second kappa shape index (κ2) is 5.56. The van der Waals surface area contributed by atoms with Crippen molar-refractivity contribution in [1.82, 2.24) is 4.98 Å². The van der Waals surface area contributed by atoms with Gasteiger partial charge in [-0.2, -0.15) is 0 Å². The highest BCUT2D eigenvalue weighted by Crippen LogP contribution is 2.24. The number of carbonyl (C=O) groups excluding carboxylic acids is 1. The van der Waals surface area contributed by atoms with E-state index >= 15 is 0 Å². The number of nitrogen functional groups attached to an aromatic ring is 1. The van der Waals surface area contributed by atoms with Crippen LogP contribution < -0.4 is 16.6 Å². The van der Waals surface area contributed by atoms with Crippen LogP contribution in [0.3, 0.4) is 0 Å². The third-order valence-corrected chi connectivity index (χ3v) is 3.85. The van der Waals surface area contributed by atoms with Gasteiger partial charge in [-0.1, -0.05) is 11.6 Å². The average molecular weight is 297 g/mol. The van der Waals surface area contributed by atoms with Gasteiger partial charge in [-0.25, -0.2) is 4.98 Å². The van der Waals surface area contributed by atoms with Crippen molar-refractivity contribution in [2.24, 2.45) is 5.84 Å². The molecular formula is C12H13ClN4OS. The Hall–Kier alpha value is -1.63. The summed E-state index contributed by atoms with van der Waals surface area (Å²) in [7, 11) is 0. The molecule has 0 saturated heterocycles. The Morgan fingerprint density at radius 3 is 2.74 bits per heavy atom. The largest absolute Gasteiger partial charge is 0.323 e. The molecule has 2 rings (SSSR count). The minimum atomic E-state index is -0.302. The molecule has 5 nitrogen and oxygen atoms in total. The number of hydrogen-bond acceptors (Lipinski definition) is 5. The summed E-state index contributed by atoms with van der Waals surface area (Å²) in [5.74, 6) is 5.07. The van der Waals surface area contributed by atoms with Crippen molar-refractivity contribution < 1.29 is 4.79 Å². The molecule has 100 valence electrons. The lowest BCUT2D eigenvalue weighted by atomic mass is 10.1. The Morgan fingerprint density at radius 2 is 2.16 bits per heavy atom. The molecule has 0 atom stereocenters. The molecule has 19 heavy (non-hydrogen) atoms. The maximum absolute atomic E-state index is 12.2. The minimum absolute atomic E-state index is 0.302. The number of anilines is 2. The quantitative estimate of drug-likeness (QED) is 0.601. The van der Waals surface area contributed by atoms with E-state index < -0.39 is 0 Å². The van der Waals surface area contributed by atoms with Crippen LogP contribution in [0.15, 0.2) is 18.2 Å². The van der Waals surface area contributed by atoms with Crippen molar-refractivity contribution in [3.8, 4) is 0 Å². The normalized spacial score (nSPS) is 10.3. The summed E-state index contributed by atoms with van der Waals surface area (Å²) < 4.78 is 0. The fraction of sp³-hybridized carbons (Fsp3) is 0.167. The third kappa shape index (κ3) is 3.04. The highest BCUT2D eigenvalue weighted by Gasteiger charge is 2.14. The van der Waals surface area contributed by atoms with Crippen molar-refractivity contribution in [2.75, 3.05) is 10.7 Å². The number of aryl methyl sites for hydroxylation is 2. The van der Waals surface area contributed by atoms with Crippen LogP contribution in [0.5, 0.6) is 0 Å². The first-order valence-electron chi connectivity index (χ1n) is 5.53. The molecule has 0 aliphatic carbocycles. The number of thiazole rings is 1. The summed E-state index contributed by atoms with van der Waals surface area (Å²) in [5.41, 5.74) is 4.26. The summed E-state index contributed by atoms with van der Waals surface area (Å²) in [6, 6.07) is 4.86. The predicted octanol–water partition coefficient (Wildman–Crippen LogP) is 2.95. The minimum Gasteiger partial charge on any atom is -0.323 e. The first-order valence-corrected chi connectivity index (χ1v) is 6.72. The monoisotopic (exact) mass is 296 g/mol. The lowest BCUT2D eigenvalue weighted by Gasteiger charge is -2.08. The first kappa shape index (κ1) is 13.8. The average Bonchev–Trinajstić information content (AvgIpc) is 2.68. The van der Waals surface area contributed by atoms with E-state index in [4.69, 9.17) is 17.4 Å². The van der Waals surface area contributed by atoms with Gasteiger partial charge in [-0.15, -0.1) is 11.3 Å². The molecule has 4 N–H and O–H groups in total. The molecule has 7 heteroatoms. The number of nitrogens with one attached hydrogen (secondary N) is 2. The van der Waals surface area contributed by atoms with Crippen molar-refractivity contribution in [1.29, 1.82) is 0 Å². The molecule has 0 spiro atoms. The molecule has 0 aliphatic heterocycles. The summed E-state index contributed by atoms with van der Waals surface area (Å²) in [6.45, 7) is 3.85. The fourth-order valence-electron chi connectivity index (χ4n) is 1.52. The van der Waals surface area contributed by atoms with Crippen LogP contribution in [-0.4, -0.2) is 10.9 Å². The van der Waals surface area contributed by atoms with Gasteiger partial charge in [0.2, 0.25) is 0 Å². The van der Waals surface area contributed by atoms with Gasteiger partial charge in [-0.05, 0) is 32.0 Å². The third-order valence-electron chi connectivity index (χ3n) is 2.63. The van der Waals surface area contributed by atoms with Crippen molar-refractivity contribution in [3.63, 3.8) is 0 Å². The van der Waals surface area contributed by atoms with Crippen LogP contribution in [0.4, 0.5) is 10.8 Å². The van der Waals surface area contributed by atoms with E-state index in [1.165, 1.54) is 11.3 Å². The Morgan fingerprint density at radius 1 is 1.42 bits per heavy atom. The van der Waals surface area contributed by atoms with Crippen LogP contribution in [0, 0.1) is 13.8 Å². The molecular weight excluding hydrogens is 284 g/mol. The number of hydrogen-bond donors (Lipinski definition) is 3. The molecule has 0 unspecified atom stereocenters. The number of carbonyl (C=O) groups is 1. The van der Waals surface area contributed by atoms with Crippen molar-refractivity contribution in [3.05, 3.63) is 39.4 Å². The number of benzene rings is 1. The lowest BCUT2D eigenvalue weighted by molar-refractivity contribution is 0.102. The summed E-state index contributed by atoms with van der Waals surface area (Å²) >= 11 is 7.32. The molecule has 0 fully saturated rings. The van der Waals surface area contributed by atoms with Crippen LogP contribution >= 0.6 is 22.9 Å². The highest BCUT2D eigenvalue weighted by molar-refractivity contribution is 7.15. The van der Waals surface area contributed by atoms with Crippen LogP contribution in [0.1, 0.15) is 20.9 Å². The maximum atomic E-state index is 12.2. The van der Waals surface area contributed by atoms with Gasteiger partial charge >= 0.3 is 0 Å². The van der Waals surface area contributed by atoms with Crippen molar-refractivity contribution >= 4 is 39.7 Å². The molecule has 0 radical (unpaired) electrons. The van der Waals surface area contributed by atoms with Gasteiger partial charge in [0.1, 0.15) is 0 Å². The number of nitrogens with zero attached hydrogens (tertiary/aromatic N) is 1. The second-order valence-corrected chi connectivity index (χ2v) is 5.59. The van der Waals surface area contributed by atoms with Gasteiger partial charge in [-0.3, -0.25) is 16.0 Å². The van der Waals surface area contributed by atoms with Gasteiger partial charge in [0, 0.05) is 9.90 Å². The smallest absolute Gasteiger partial charge is 0.259 e. The molecule has 0 aliphatic rings. The van der Waals surface area contributed by atoms with Crippen LogP contribution in [0.2, 0.25) is 5.02 Å².